The molecule has 1 N–H and O–H groups in total. The molecule has 0 saturated heterocycles. The molecule has 0 fully saturated rings. The highest BCUT2D eigenvalue weighted by atomic mass is 35.5. The van der Waals surface area contributed by atoms with Crippen LogP contribution in [0.15, 0.2) is 82.7 Å². The molecule has 8 nitrogen and oxygen atoms in total. The van der Waals surface area contributed by atoms with Gasteiger partial charge in [-0.05, 0) is 78.1 Å². The highest BCUT2D eigenvalue weighted by Crippen LogP contribution is 2.35. The Morgan fingerprint density at radius 3 is 2.44 bits per heavy atom. The molecule has 0 spiro atoms. The Morgan fingerprint density at radius 2 is 1.76 bits per heavy atom. The van der Waals surface area contributed by atoms with E-state index in [0.717, 1.165) is 22.4 Å². The zero-order valence-electron chi connectivity index (χ0n) is 24.9. The molecule has 11 heteroatoms. The number of halogens is 3. The number of para-hydroxylation sites is 2. The van der Waals surface area contributed by atoms with Gasteiger partial charge >= 0.3 is 0 Å². The summed E-state index contributed by atoms with van der Waals surface area (Å²) >= 11 is 12.9. The summed E-state index contributed by atoms with van der Waals surface area (Å²) in [6.45, 7) is 5.59. The van der Waals surface area contributed by atoms with Gasteiger partial charge in [-0.1, -0.05) is 61.3 Å². The van der Waals surface area contributed by atoms with Crippen LogP contribution in [0.3, 0.4) is 0 Å². The number of carbonyl (C=O) groups is 1. The van der Waals surface area contributed by atoms with Gasteiger partial charge in [-0.25, -0.2) is 9.37 Å². The van der Waals surface area contributed by atoms with Gasteiger partial charge < -0.3 is 14.8 Å². The molecular weight excluding hydrogens is 618 g/mol. The number of rotatable bonds is 9. The summed E-state index contributed by atoms with van der Waals surface area (Å²) in [7, 11) is 1.63. The summed E-state index contributed by atoms with van der Waals surface area (Å²) in [4.78, 5) is 30.9. The second-order valence-corrected chi connectivity index (χ2v) is 11.3. The second kappa shape index (κ2) is 13.5. The zero-order valence-corrected chi connectivity index (χ0v) is 26.4. The molecule has 45 heavy (non-hydrogen) atoms. The molecule has 0 atom stereocenters. The normalized spacial score (nSPS) is 11.4. The molecule has 0 radical (unpaired) electrons. The van der Waals surface area contributed by atoms with Gasteiger partial charge in [0.05, 0.1) is 40.0 Å². The quantitative estimate of drug-likeness (QED) is 0.165. The van der Waals surface area contributed by atoms with E-state index in [1.807, 2.05) is 25.1 Å². The first-order valence-electron chi connectivity index (χ1n) is 14.0. The summed E-state index contributed by atoms with van der Waals surface area (Å²) in [5, 5.41) is 7.59. The van der Waals surface area contributed by atoms with E-state index in [1.165, 1.54) is 41.2 Å². The van der Waals surface area contributed by atoms with E-state index in [0.29, 0.717) is 22.3 Å². The monoisotopic (exact) mass is 646 g/mol. The Bertz CT molecular complexity index is 1990. The maximum absolute atomic E-state index is 13.9. The van der Waals surface area contributed by atoms with E-state index in [-0.39, 0.29) is 33.0 Å². The number of aryl methyl sites for hydroxylation is 1. The van der Waals surface area contributed by atoms with Crippen LogP contribution in [0.25, 0.3) is 22.3 Å². The van der Waals surface area contributed by atoms with Crippen molar-refractivity contribution in [2.45, 2.75) is 26.7 Å². The van der Waals surface area contributed by atoms with Crippen LogP contribution in [0, 0.1) is 12.7 Å². The fraction of sp³-hybridized carbons (Fsp3) is 0.176. The third-order valence-corrected chi connectivity index (χ3v) is 7.59. The average molecular weight is 648 g/mol. The number of ether oxygens (including phenoxy) is 2. The number of amides is 1. The lowest BCUT2D eigenvalue weighted by Gasteiger charge is -2.17. The van der Waals surface area contributed by atoms with Crippen LogP contribution >= 0.6 is 23.2 Å². The van der Waals surface area contributed by atoms with E-state index >= 15 is 0 Å². The molecule has 5 aromatic rings. The van der Waals surface area contributed by atoms with Gasteiger partial charge in [-0.3, -0.25) is 9.59 Å². The van der Waals surface area contributed by atoms with Gasteiger partial charge in [0.25, 0.3) is 11.5 Å². The average Bonchev–Trinajstić information content (AvgIpc) is 3.01. The van der Waals surface area contributed by atoms with Gasteiger partial charge in [0.15, 0.2) is 18.2 Å². The van der Waals surface area contributed by atoms with Crippen molar-refractivity contribution in [3.8, 4) is 22.9 Å². The van der Waals surface area contributed by atoms with Crippen LogP contribution < -0.4 is 20.3 Å². The van der Waals surface area contributed by atoms with Crippen LogP contribution in [0.4, 0.5) is 10.1 Å². The standard InChI is InChI=1S/C34H29Cl2FN4O4/c1-19(2)23-16-24(20(3)13-30(23)44-4)33-40-28-11-7-5-9-22(28)34(43)41(33)38-17-21-14-25(35)32(26(36)15-21)45-18-31(42)39-29-12-8-6-10-27(29)37/h5-17,19H,18H2,1-4H3,(H,39,42). The minimum Gasteiger partial charge on any atom is -0.496 e. The number of hydrogen-bond acceptors (Lipinski definition) is 6. The molecule has 4 aromatic carbocycles. The molecule has 230 valence electrons. The van der Waals surface area contributed by atoms with Crippen molar-refractivity contribution >= 4 is 51.9 Å². The van der Waals surface area contributed by atoms with Crippen LogP contribution in [-0.2, 0) is 4.79 Å². The van der Waals surface area contributed by atoms with Crippen molar-refractivity contribution in [3.63, 3.8) is 0 Å². The largest absolute Gasteiger partial charge is 0.496 e. The van der Waals surface area contributed by atoms with Crippen LogP contribution in [0.5, 0.6) is 11.5 Å². The number of carbonyl (C=O) groups excluding carboxylic acids is 1. The third kappa shape index (κ3) is 6.84. The van der Waals surface area contributed by atoms with E-state index < -0.39 is 18.3 Å². The predicted octanol–water partition coefficient (Wildman–Crippen LogP) is 7.85. The molecule has 0 aliphatic heterocycles. The Kier molecular flexibility index (Phi) is 9.51. The lowest BCUT2D eigenvalue weighted by atomic mass is 9.96. The highest BCUT2D eigenvalue weighted by Gasteiger charge is 2.19. The third-order valence-electron chi connectivity index (χ3n) is 7.03. The maximum Gasteiger partial charge on any atom is 0.282 e. The molecule has 0 aliphatic carbocycles. The van der Waals surface area contributed by atoms with Crippen LogP contribution in [-0.4, -0.2) is 35.5 Å². The van der Waals surface area contributed by atoms with E-state index in [2.05, 4.69) is 24.3 Å². The van der Waals surface area contributed by atoms with E-state index in [1.54, 1.807) is 31.4 Å². The molecule has 5 rings (SSSR count). The number of fused-ring (bicyclic) bond motifs is 1. The lowest BCUT2D eigenvalue weighted by Crippen LogP contribution is -2.21. The molecule has 0 aliphatic rings. The maximum atomic E-state index is 13.9. The van der Waals surface area contributed by atoms with Crippen molar-refractivity contribution < 1.29 is 18.7 Å². The summed E-state index contributed by atoms with van der Waals surface area (Å²) < 4.78 is 26.3. The van der Waals surface area contributed by atoms with Crippen LogP contribution in [0.1, 0.15) is 36.5 Å². The van der Waals surface area contributed by atoms with Crippen molar-refractivity contribution in [2.24, 2.45) is 5.10 Å². The highest BCUT2D eigenvalue weighted by molar-refractivity contribution is 6.37. The number of nitrogens with one attached hydrogen (secondary N) is 1. The molecule has 0 bridgehead atoms. The Morgan fingerprint density at radius 1 is 1.07 bits per heavy atom. The summed E-state index contributed by atoms with van der Waals surface area (Å²) in [5.41, 5.74) is 3.23. The SMILES string of the molecule is COc1cc(C)c(-c2nc3ccccc3c(=O)n2N=Cc2cc(Cl)c(OCC(=O)Nc3ccccc3F)c(Cl)c2)cc1C(C)C. The number of anilines is 1. The second-order valence-electron chi connectivity index (χ2n) is 10.5. The number of aromatic nitrogens is 2. The van der Waals surface area contributed by atoms with Crippen LogP contribution in [0.2, 0.25) is 10.0 Å². The molecular formula is C34H29Cl2FN4O4. The Labute approximate surface area is 269 Å². The number of hydrogen-bond donors (Lipinski definition) is 1. The molecule has 1 amide bonds. The number of nitrogens with zero attached hydrogens (tertiary/aromatic N) is 3. The number of benzene rings is 4. The predicted molar refractivity (Wildman–Crippen MR) is 177 cm³/mol. The molecule has 1 aromatic heterocycles. The summed E-state index contributed by atoms with van der Waals surface area (Å²) in [5.74, 6) is 0.161. The minimum atomic E-state index is -0.594. The molecule has 1 heterocycles. The van der Waals surface area contributed by atoms with Gasteiger partial charge in [0, 0.05) is 5.56 Å². The first-order valence-corrected chi connectivity index (χ1v) is 14.7. The fourth-order valence-corrected chi connectivity index (χ4v) is 5.39. The van der Waals surface area contributed by atoms with E-state index in [9.17, 15) is 14.0 Å². The van der Waals surface area contributed by atoms with Gasteiger partial charge in [-0.15, -0.1) is 0 Å². The van der Waals surface area contributed by atoms with Gasteiger partial charge in [-0.2, -0.15) is 9.78 Å². The molecule has 0 saturated carbocycles. The summed E-state index contributed by atoms with van der Waals surface area (Å²) in [6.07, 6.45) is 1.44. The first kappa shape index (κ1) is 31.7. The van der Waals surface area contributed by atoms with Crippen molar-refractivity contribution in [1.29, 1.82) is 0 Å². The van der Waals surface area contributed by atoms with Crippen molar-refractivity contribution in [2.75, 3.05) is 19.0 Å². The Hall–Kier alpha value is -4.73. The first-order chi connectivity index (χ1) is 21.6. The van der Waals surface area contributed by atoms with Crippen molar-refractivity contribution in [1.82, 2.24) is 9.66 Å². The topological polar surface area (TPSA) is 94.8 Å². The van der Waals surface area contributed by atoms with Crippen molar-refractivity contribution in [3.05, 3.63) is 116 Å². The minimum absolute atomic E-state index is 0.0258. The smallest absolute Gasteiger partial charge is 0.282 e. The lowest BCUT2D eigenvalue weighted by molar-refractivity contribution is -0.118. The van der Waals surface area contributed by atoms with Gasteiger partial charge in [0.1, 0.15) is 11.6 Å². The fourth-order valence-electron chi connectivity index (χ4n) is 4.78. The summed E-state index contributed by atoms with van der Waals surface area (Å²) in [6, 6.07) is 19.8. The Balaban J connectivity index is 1.49. The number of methoxy groups -OCH3 is 1. The molecule has 0 unspecified atom stereocenters. The zero-order chi connectivity index (χ0) is 32.2. The van der Waals surface area contributed by atoms with Gasteiger partial charge in [0.2, 0.25) is 0 Å². The van der Waals surface area contributed by atoms with E-state index in [4.69, 9.17) is 37.7 Å².